The topological polar surface area (TPSA) is 64.4 Å². The molecule has 1 N–H and O–H groups in total. The van der Waals surface area contributed by atoms with Crippen LogP contribution in [0.15, 0.2) is 46.9 Å². The lowest BCUT2D eigenvalue weighted by molar-refractivity contribution is -0.118. The van der Waals surface area contributed by atoms with Crippen molar-refractivity contribution in [1.82, 2.24) is 4.98 Å². The molecule has 0 unspecified atom stereocenters. The fraction of sp³-hybridized carbons (Fsp3) is 0.222. The molecule has 0 radical (unpaired) electrons. The van der Waals surface area contributed by atoms with Crippen LogP contribution in [-0.4, -0.2) is 18.0 Å². The molecule has 0 atom stereocenters. The molecule has 0 bridgehead atoms. The van der Waals surface area contributed by atoms with E-state index in [1.165, 1.54) is 0 Å². The van der Waals surface area contributed by atoms with Gasteiger partial charge in [-0.1, -0.05) is 19.9 Å². The lowest BCUT2D eigenvalue weighted by atomic mass is 10.2. The van der Waals surface area contributed by atoms with Crippen LogP contribution in [-0.2, 0) is 4.79 Å². The molecule has 118 valence electrons. The molecule has 5 nitrogen and oxygen atoms in total. The zero-order valence-corrected chi connectivity index (χ0v) is 13.3. The summed E-state index contributed by atoms with van der Waals surface area (Å²) in [7, 11) is 1.62. The van der Waals surface area contributed by atoms with Gasteiger partial charge in [-0.05, 0) is 36.4 Å². The molecule has 5 heteroatoms. The SMILES string of the molecule is COc1cccc(-c2nc3cc(NC(=O)C(C)C)ccc3o2)c1. The number of carbonyl (C=O) groups is 1. The third kappa shape index (κ3) is 3.18. The van der Waals surface area contributed by atoms with Crippen molar-refractivity contribution in [2.24, 2.45) is 5.92 Å². The first-order valence-corrected chi connectivity index (χ1v) is 7.42. The van der Waals surface area contributed by atoms with Crippen LogP contribution >= 0.6 is 0 Å². The molecule has 0 aliphatic carbocycles. The molecule has 0 aliphatic rings. The minimum Gasteiger partial charge on any atom is -0.497 e. The van der Waals surface area contributed by atoms with Gasteiger partial charge >= 0.3 is 0 Å². The monoisotopic (exact) mass is 310 g/mol. The van der Waals surface area contributed by atoms with E-state index < -0.39 is 0 Å². The number of methoxy groups -OCH3 is 1. The molecule has 23 heavy (non-hydrogen) atoms. The van der Waals surface area contributed by atoms with Crippen LogP contribution in [0.4, 0.5) is 5.69 Å². The number of nitrogens with one attached hydrogen (secondary N) is 1. The van der Waals surface area contributed by atoms with E-state index in [1.54, 1.807) is 7.11 Å². The Morgan fingerprint density at radius 2 is 2.04 bits per heavy atom. The quantitative estimate of drug-likeness (QED) is 0.788. The molecular weight excluding hydrogens is 292 g/mol. The number of fused-ring (bicyclic) bond motifs is 1. The van der Waals surface area contributed by atoms with Crippen LogP contribution in [0.25, 0.3) is 22.6 Å². The van der Waals surface area contributed by atoms with Gasteiger partial charge in [0.15, 0.2) is 5.58 Å². The average molecular weight is 310 g/mol. The van der Waals surface area contributed by atoms with Crippen molar-refractivity contribution in [3.63, 3.8) is 0 Å². The zero-order chi connectivity index (χ0) is 16.4. The van der Waals surface area contributed by atoms with Gasteiger partial charge in [-0.25, -0.2) is 4.98 Å². The van der Waals surface area contributed by atoms with Gasteiger partial charge in [0.2, 0.25) is 11.8 Å². The number of aromatic nitrogens is 1. The molecule has 0 saturated heterocycles. The van der Waals surface area contributed by atoms with Crippen molar-refractivity contribution < 1.29 is 13.9 Å². The van der Waals surface area contributed by atoms with Crippen molar-refractivity contribution >= 4 is 22.7 Å². The number of nitrogens with zero attached hydrogens (tertiary/aromatic N) is 1. The number of ether oxygens (including phenoxy) is 1. The van der Waals surface area contributed by atoms with Crippen LogP contribution in [0.5, 0.6) is 5.75 Å². The molecular formula is C18H18N2O3. The highest BCUT2D eigenvalue weighted by Crippen LogP contribution is 2.28. The summed E-state index contributed by atoms with van der Waals surface area (Å²) in [4.78, 5) is 16.3. The predicted molar refractivity (Wildman–Crippen MR) is 89.5 cm³/mol. The Morgan fingerprint density at radius 3 is 2.78 bits per heavy atom. The number of benzene rings is 2. The number of hydrogen-bond donors (Lipinski definition) is 1. The van der Waals surface area contributed by atoms with Gasteiger partial charge in [-0.15, -0.1) is 0 Å². The molecule has 0 aliphatic heterocycles. The first kappa shape index (κ1) is 15.1. The lowest BCUT2D eigenvalue weighted by Gasteiger charge is -2.06. The number of hydrogen-bond acceptors (Lipinski definition) is 4. The molecule has 3 rings (SSSR count). The predicted octanol–water partition coefficient (Wildman–Crippen LogP) is 4.10. The zero-order valence-electron chi connectivity index (χ0n) is 13.3. The fourth-order valence-electron chi connectivity index (χ4n) is 2.17. The van der Waals surface area contributed by atoms with Gasteiger partial charge < -0.3 is 14.5 Å². The van der Waals surface area contributed by atoms with E-state index in [9.17, 15) is 4.79 Å². The number of carbonyl (C=O) groups excluding carboxylic acids is 1. The van der Waals surface area contributed by atoms with Crippen molar-refractivity contribution in [3.05, 3.63) is 42.5 Å². The Balaban J connectivity index is 1.94. The van der Waals surface area contributed by atoms with E-state index in [2.05, 4.69) is 10.3 Å². The summed E-state index contributed by atoms with van der Waals surface area (Å²) in [6, 6.07) is 13.0. The van der Waals surface area contributed by atoms with Crippen molar-refractivity contribution in [2.45, 2.75) is 13.8 Å². The van der Waals surface area contributed by atoms with E-state index in [0.29, 0.717) is 22.7 Å². The van der Waals surface area contributed by atoms with Gasteiger partial charge in [0, 0.05) is 17.2 Å². The summed E-state index contributed by atoms with van der Waals surface area (Å²) in [5.41, 5.74) is 2.92. The summed E-state index contributed by atoms with van der Waals surface area (Å²) in [6.07, 6.45) is 0. The Kier molecular flexibility index (Phi) is 4.02. The third-order valence-electron chi connectivity index (χ3n) is 3.50. The molecule has 1 aromatic heterocycles. The molecule has 0 spiro atoms. The summed E-state index contributed by atoms with van der Waals surface area (Å²) in [5.74, 6) is 1.16. The second-order valence-electron chi connectivity index (χ2n) is 5.58. The Bertz CT molecular complexity index is 852. The third-order valence-corrected chi connectivity index (χ3v) is 3.50. The maximum absolute atomic E-state index is 11.8. The van der Waals surface area contributed by atoms with Crippen molar-refractivity contribution in [2.75, 3.05) is 12.4 Å². The van der Waals surface area contributed by atoms with E-state index in [4.69, 9.17) is 9.15 Å². The Labute approximate surface area is 134 Å². The summed E-state index contributed by atoms with van der Waals surface area (Å²) < 4.78 is 11.0. The van der Waals surface area contributed by atoms with E-state index in [0.717, 1.165) is 11.3 Å². The van der Waals surface area contributed by atoms with Crippen LogP contribution in [0.2, 0.25) is 0 Å². The maximum Gasteiger partial charge on any atom is 0.227 e. The lowest BCUT2D eigenvalue weighted by Crippen LogP contribution is -2.17. The van der Waals surface area contributed by atoms with Crippen LogP contribution < -0.4 is 10.1 Å². The fourth-order valence-corrected chi connectivity index (χ4v) is 2.17. The minimum absolute atomic E-state index is 0.0270. The Hall–Kier alpha value is -2.82. The standard InChI is InChI=1S/C18H18N2O3/c1-11(2)17(21)19-13-7-8-16-15(10-13)20-18(23-16)12-5-4-6-14(9-12)22-3/h4-11H,1-3H3,(H,19,21). The second kappa shape index (κ2) is 6.12. The smallest absolute Gasteiger partial charge is 0.227 e. The van der Waals surface area contributed by atoms with Crippen LogP contribution in [0, 0.1) is 5.92 Å². The van der Waals surface area contributed by atoms with Gasteiger partial charge in [-0.2, -0.15) is 0 Å². The first-order valence-electron chi connectivity index (χ1n) is 7.42. The maximum atomic E-state index is 11.8. The molecule has 0 fully saturated rings. The van der Waals surface area contributed by atoms with E-state index in [-0.39, 0.29) is 11.8 Å². The second-order valence-corrected chi connectivity index (χ2v) is 5.58. The van der Waals surface area contributed by atoms with Gasteiger partial charge in [0.05, 0.1) is 7.11 Å². The van der Waals surface area contributed by atoms with Gasteiger partial charge in [0.1, 0.15) is 11.3 Å². The highest BCUT2D eigenvalue weighted by atomic mass is 16.5. The minimum atomic E-state index is -0.0737. The average Bonchev–Trinajstić information content (AvgIpc) is 2.98. The molecule has 0 saturated carbocycles. The number of anilines is 1. The van der Waals surface area contributed by atoms with Gasteiger partial charge in [-0.3, -0.25) is 4.79 Å². The van der Waals surface area contributed by atoms with E-state index in [1.807, 2.05) is 56.3 Å². The van der Waals surface area contributed by atoms with Crippen LogP contribution in [0.1, 0.15) is 13.8 Å². The summed E-state index contributed by atoms with van der Waals surface area (Å²) >= 11 is 0. The largest absolute Gasteiger partial charge is 0.497 e. The van der Waals surface area contributed by atoms with Crippen molar-refractivity contribution in [3.8, 4) is 17.2 Å². The first-order chi connectivity index (χ1) is 11.1. The summed E-state index contributed by atoms with van der Waals surface area (Å²) in [6.45, 7) is 3.70. The highest BCUT2D eigenvalue weighted by Gasteiger charge is 2.11. The Morgan fingerprint density at radius 1 is 1.22 bits per heavy atom. The van der Waals surface area contributed by atoms with Crippen molar-refractivity contribution in [1.29, 1.82) is 0 Å². The molecule has 3 aromatic rings. The van der Waals surface area contributed by atoms with E-state index >= 15 is 0 Å². The summed E-state index contributed by atoms with van der Waals surface area (Å²) in [5, 5.41) is 2.86. The molecule has 1 amide bonds. The molecule has 1 heterocycles. The number of amides is 1. The highest BCUT2D eigenvalue weighted by molar-refractivity contribution is 5.94. The number of oxazole rings is 1. The van der Waals surface area contributed by atoms with Crippen LogP contribution in [0.3, 0.4) is 0 Å². The van der Waals surface area contributed by atoms with Gasteiger partial charge in [0.25, 0.3) is 0 Å². The molecule has 2 aromatic carbocycles. The normalized spacial score (nSPS) is 11.0. The number of rotatable bonds is 4.